The zero-order chi connectivity index (χ0) is 20.4. The van der Waals surface area contributed by atoms with Gasteiger partial charge in [0.1, 0.15) is 17.2 Å². The second-order valence-corrected chi connectivity index (χ2v) is 7.63. The Morgan fingerprint density at radius 1 is 1.07 bits per heavy atom. The minimum Gasteiger partial charge on any atom is -0.494 e. The lowest BCUT2D eigenvalue weighted by Gasteiger charge is -2.32. The standard InChI is InChI=1S/C23H26N2O4/c1-3-28-18-8-6-17(7-9-18)20-21(24-12-10-16(2)11-13-24)23(27)25(22(20)26)15-19-5-4-14-29-19/h4-9,14,16H,3,10-13,15H2,1-2H3. The molecule has 0 atom stereocenters. The monoisotopic (exact) mass is 394 g/mol. The summed E-state index contributed by atoms with van der Waals surface area (Å²) in [6.07, 6.45) is 3.58. The van der Waals surface area contributed by atoms with Gasteiger partial charge in [-0.2, -0.15) is 0 Å². The predicted molar refractivity (Wildman–Crippen MR) is 109 cm³/mol. The summed E-state index contributed by atoms with van der Waals surface area (Å²) in [6.45, 7) is 6.43. The van der Waals surface area contributed by atoms with Crippen LogP contribution in [0.4, 0.5) is 0 Å². The Balaban J connectivity index is 1.70. The quantitative estimate of drug-likeness (QED) is 0.699. The van der Waals surface area contributed by atoms with Crippen molar-refractivity contribution in [2.24, 2.45) is 5.92 Å². The molecule has 2 aliphatic rings. The molecule has 6 heteroatoms. The van der Waals surface area contributed by atoms with Gasteiger partial charge in [0, 0.05) is 13.1 Å². The lowest BCUT2D eigenvalue weighted by atomic mass is 9.97. The highest BCUT2D eigenvalue weighted by molar-refractivity contribution is 6.35. The molecule has 4 rings (SSSR count). The van der Waals surface area contributed by atoms with Gasteiger partial charge in [-0.25, -0.2) is 0 Å². The molecule has 2 aliphatic heterocycles. The Hall–Kier alpha value is -3.02. The molecule has 0 unspecified atom stereocenters. The normalized spacial score (nSPS) is 18.1. The molecule has 0 spiro atoms. The summed E-state index contributed by atoms with van der Waals surface area (Å²) in [5.74, 6) is 1.45. The van der Waals surface area contributed by atoms with Crippen molar-refractivity contribution in [3.05, 3.63) is 59.7 Å². The highest BCUT2D eigenvalue weighted by Crippen LogP contribution is 2.35. The third-order valence-electron chi connectivity index (χ3n) is 5.59. The maximum Gasteiger partial charge on any atom is 0.278 e. The van der Waals surface area contributed by atoms with Gasteiger partial charge in [0.2, 0.25) is 0 Å². The smallest absolute Gasteiger partial charge is 0.278 e. The van der Waals surface area contributed by atoms with Crippen molar-refractivity contribution in [3.8, 4) is 5.75 Å². The number of amides is 2. The average Bonchev–Trinajstić information content (AvgIpc) is 3.32. The molecule has 2 amide bonds. The molecular formula is C23H26N2O4. The lowest BCUT2D eigenvalue weighted by molar-refractivity contribution is -0.138. The van der Waals surface area contributed by atoms with E-state index in [9.17, 15) is 9.59 Å². The molecule has 152 valence electrons. The highest BCUT2D eigenvalue weighted by atomic mass is 16.5. The van der Waals surface area contributed by atoms with E-state index in [4.69, 9.17) is 9.15 Å². The van der Waals surface area contributed by atoms with Gasteiger partial charge in [0.05, 0.1) is 25.0 Å². The molecule has 3 heterocycles. The van der Waals surface area contributed by atoms with Crippen molar-refractivity contribution < 1.29 is 18.7 Å². The summed E-state index contributed by atoms with van der Waals surface area (Å²) in [5.41, 5.74) is 1.72. The van der Waals surface area contributed by atoms with E-state index in [0.717, 1.165) is 37.2 Å². The fourth-order valence-electron chi connectivity index (χ4n) is 3.94. The van der Waals surface area contributed by atoms with E-state index in [1.165, 1.54) is 4.90 Å². The van der Waals surface area contributed by atoms with E-state index in [1.807, 2.05) is 31.2 Å². The number of hydrogen-bond acceptors (Lipinski definition) is 5. The van der Waals surface area contributed by atoms with Crippen molar-refractivity contribution in [2.75, 3.05) is 19.7 Å². The van der Waals surface area contributed by atoms with Crippen LogP contribution in [0.3, 0.4) is 0 Å². The Morgan fingerprint density at radius 2 is 1.79 bits per heavy atom. The molecule has 0 saturated carbocycles. The largest absolute Gasteiger partial charge is 0.494 e. The summed E-state index contributed by atoms with van der Waals surface area (Å²) in [4.78, 5) is 30.0. The fraction of sp³-hybridized carbons (Fsp3) is 0.391. The van der Waals surface area contributed by atoms with E-state index >= 15 is 0 Å². The first kappa shape index (κ1) is 19.3. The first-order chi connectivity index (χ1) is 14.1. The summed E-state index contributed by atoms with van der Waals surface area (Å²) < 4.78 is 10.9. The second-order valence-electron chi connectivity index (χ2n) is 7.63. The molecule has 0 radical (unpaired) electrons. The average molecular weight is 394 g/mol. The first-order valence-corrected chi connectivity index (χ1v) is 10.2. The molecule has 1 fully saturated rings. The topological polar surface area (TPSA) is 63.0 Å². The van der Waals surface area contributed by atoms with Gasteiger partial charge in [-0.15, -0.1) is 0 Å². The number of carbonyl (C=O) groups excluding carboxylic acids is 2. The number of imide groups is 1. The third kappa shape index (κ3) is 3.79. The molecule has 0 bridgehead atoms. The summed E-state index contributed by atoms with van der Waals surface area (Å²) >= 11 is 0. The van der Waals surface area contributed by atoms with E-state index in [1.54, 1.807) is 18.4 Å². The van der Waals surface area contributed by atoms with E-state index in [-0.39, 0.29) is 18.4 Å². The Bertz CT molecular complexity index is 907. The summed E-state index contributed by atoms with van der Waals surface area (Å²) in [6, 6.07) is 10.9. The van der Waals surface area contributed by atoms with E-state index < -0.39 is 0 Å². The van der Waals surface area contributed by atoms with Gasteiger partial charge in [0.15, 0.2) is 0 Å². The van der Waals surface area contributed by atoms with E-state index in [0.29, 0.717) is 29.6 Å². The van der Waals surface area contributed by atoms with Crippen LogP contribution < -0.4 is 4.74 Å². The van der Waals surface area contributed by atoms with Crippen LogP contribution in [-0.4, -0.2) is 41.3 Å². The van der Waals surface area contributed by atoms with Crippen molar-refractivity contribution >= 4 is 17.4 Å². The Labute approximate surface area is 170 Å². The Kier molecular flexibility index (Phi) is 5.43. The summed E-state index contributed by atoms with van der Waals surface area (Å²) in [7, 11) is 0. The second kappa shape index (κ2) is 8.15. The molecule has 2 aromatic rings. The predicted octanol–water partition coefficient (Wildman–Crippen LogP) is 3.69. The van der Waals surface area contributed by atoms with Gasteiger partial charge >= 0.3 is 0 Å². The number of likely N-dealkylation sites (tertiary alicyclic amines) is 1. The molecule has 1 aromatic heterocycles. The van der Waals surface area contributed by atoms with Crippen LogP contribution >= 0.6 is 0 Å². The zero-order valence-electron chi connectivity index (χ0n) is 16.9. The van der Waals surface area contributed by atoms with Gasteiger partial charge in [-0.05, 0) is 55.5 Å². The van der Waals surface area contributed by atoms with Gasteiger partial charge in [-0.1, -0.05) is 19.1 Å². The molecule has 1 saturated heterocycles. The van der Waals surface area contributed by atoms with E-state index in [2.05, 4.69) is 11.8 Å². The zero-order valence-corrected chi connectivity index (χ0v) is 16.9. The number of carbonyl (C=O) groups is 2. The minimum atomic E-state index is -0.274. The SMILES string of the molecule is CCOc1ccc(C2=C(N3CCC(C)CC3)C(=O)N(Cc3ccco3)C2=O)cc1. The molecule has 29 heavy (non-hydrogen) atoms. The molecule has 6 nitrogen and oxygen atoms in total. The van der Waals surface area contributed by atoms with Gasteiger partial charge < -0.3 is 14.1 Å². The van der Waals surface area contributed by atoms with Gasteiger partial charge in [0.25, 0.3) is 11.8 Å². The van der Waals surface area contributed by atoms with Crippen LogP contribution in [-0.2, 0) is 16.1 Å². The van der Waals surface area contributed by atoms with Crippen molar-refractivity contribution in [1.82, 2.24) is 9.80 Å². The van der Waals surface area contributed by atoms with Crippen LogP contribution in [0.15, 0.2) is 52.8 Å². The molecule has 1 aromatic carbocycles. The molecule has 0 aliphatic carbocycles. The van der Waals surface area contributed by atoms with Crippen LogP contribution in [0.25, 0.3) is 5.57 Å². The number of hydrogen-bond donors (Lipinski definition) is 0. The number of ether oxygens (including phenoxy) is 1. The molecule has 0 N–H and O–H groups in total. The van der Waals surface area contributed by atoms with Crippen molar-refractivity contribution in [3.63, 3.8) is 0 Å². The van der Waals surface area contributed by atoms with Crippen LogP contribution in [0.2, 0.25) is 0 Å². The van der Waals surface area contributed by atoms with Crippen molar-refractivity contribution in [1.29, 1.82) is 0 Å². The number of furan rings is 1. The number of benzene rings is 1. The van der Waals surface area contributed by atoms with Crippen molar-refractivity contribution in [2.45, 2.75) is 33.2 Å². The molecular weight excluding hydrogens is 368 g/mol. The lowest BCUT2D eigenvalue weighted by Crippen LogP contribution is -2.38. The first-order valence-electron chi connectivity index (χ1n) is 10.2. The van der Waals surface area contributed by atoms with Crippen LogP contribution in [0.1, 0.15) is 38.0 Å². The maximum atomic E-state index is 13.3. The highest BCUT2D eigenvalue weighted by Gasteiger charge is 2.42. The maximum absolute atomic E-state index is 13.3. The Morgan fingerprint density at radius 3 is 2.41 bits per heavy atom. The van der Waals surface area contributed by atoms with Crippen LogP contribution in [0, 0.1) is 5.92 Å². The number of nitrogens with zero attached hydrogens (tertiary/aromatic N) is 2. The number of piperidine rings is 1. The van der Waals surface area contributed by atoms with Gasteiger partial charge in [-0.3, -0.25) is 14.5 Å². The van der Waals surface area contributed by atoms with Crippen LogP contribution in [0.5, 0.6) is 5.75 Å². The minimum absolute atomic E-state index is 0.138. The third-order valence-corrected chi connectivity index (χ3v) is 5.59. The summed E-state index contributed by atoms with van der Waals surface area (Å²) in [5, 5.41) is 0. The fourth-order valence-corrected chi connectivity index (χ4v) is 3.94. The number of rotatable bonds is 6.